The van der Waals surface area contributed by atoms with E-state index in [9.17, 15) is 9.59 Å². The lowest BCUT2D eigenvalue weighted by Crippen LogP contribution is -2.09. The zero-order valence-electron chi connectivity index (χ0n) is 13.2. The van der Waals surface area contributed by atoms with E-state index in [1.54, 1.807) is 0 Å². The van der Waals surface area contributed by atoms with Crippen molar-refractivity contribution >= 4 is 39.3 Å². The van der Waals surface area contributed by atoms with Crippen LogP contribution in [0.3, 0.4) is 0 Å². The van der Waals surface area contributed by atoms with Gasteiger partial charge in [-0.1, -0.05) is 49.9 Å². The highest BCUT2D eigenvalue weighted by Gasteiger charge is 2.14. The Morgan fingerprint density at radius 2 is 2.04 bits per heavy atom. The Kier molecular flexibility index (Phi) is 4.73. The van der Waals surface area contributed by atoms with Crippen molar-refractivity contribution in [3.05, 3.63) is 45.6 Å². The Morgan fingerprint density at radius 3 is 2.67 bits per heavy atom. The van der Waals surface area contributed by atoms with E-state index in [4.69, 9.17) is 5.11 Å². The van der Waals surface area contributed by atoms with Crippen molar-refractivity contribution in [3.63, 3.8) is 0 Å². The van der Waals surface area contributed by atoms with E-state index >= 15 is 0 Å². The van der Waals surface area contributed by atoms with Gasteiger partial charge in [-0.2, -0.15) is 0 Å². The number of benzene rings is 1. The summed E-state index contributed by atoms with van der Waals surface area (Å²) in [4.78, 5) is 30.7. The summed E-state index contributed by atoms with van der Waals surface area (Å²) in [5.74, 6) is -0.624. The molecule has 0 unspecified atom stereocenters. The molecular formula is C17H16N2O3S2. The smallest absolute Gasteiger partial charge is 0.313 e. The van der Waals surface area contributed by atoms with Crippen LogP contribution < -0.4 is 5.56 Å². The second kappa shape index (κ2) is 6.78. The summed E-state index contributed by atoms with van der Waals surface area (Å²) in [6.45, 7) is 4.28. The third-order valence-electron chi connectivity index (χ3n) is 3.64. The Hall–Kier alpha value is -2.12. The summed E-state index contributed by atoms with van der Waals surface area (Å²) in [5.41, 5.74) is 2.84. The first kappa shape index (κ1) is 16.7. The number of carbonyl (C=O) groups is 1. The maximum atomic E-state index is 12.4. The number of fused-ring (bicyclic) bond motifs is 1. The third-order valence-corrected chi connectivity index (χ3v) is 5.37. The summed E-state index contributed by atoms with van der Waals surface area (Å²) in [6, 6.07) is 8.18. The molecule has 0 atom stereocenters. The number of thiophene rings is 1. The monoisotopic (exact) mass is 360 g/mol. The van der Waals surface area contributed by atoms with Crippen LogP contribution in [-0.2, 0) is 4.79 Å². The SMILES string of the molecule is CC(C)c1ccc(-c2csc3nc(SCC(=O)O)[nH]c(=O)c23)cc1. The predicted octanol–water partition coefficient (Wildman–Crippen LogP) is 3.95. The molecule has 5 nitrogen and oxygen atoms in total. The van der Waals surface area contributed by atoms with Gasteiger partial charge in [-0.25, -0.2) is 4.98 Å². The van der Waals surface area contributed by atoms with Crippen molar-refractivity contribution in [2.75, 3.05) is 5.75 Å². The number of rotatable bonds is 5. The zero-order valence-corrected chi connectivity index (χ0v) is 14.8. The van der Waals surface area contributed by atoms with Crippen LogP contribution in [0.4, 0.5) is 0 Å². The number of nitrogens with one attached hydrogen (secondary N) is 1. The minimum absolute atomic E-state index is 0.136. The summed E-state index contributed by atoms with van der Waals surface area (Å²) in [7, 11) is 0. The molecule has 1 aromatic carbocycles. The molecule has 3 aromatic rings. The standard InChI is InChI=1S/C17H16N2O3S2/c1-9(2)10-3-5-11(6-4-10)12-7-23-16-14(12)15(22)18-17(19-16)24-8-13(20)21/h3-7,9H,8H2,1-2H3,(H,20,21)(H,18,19,22). The van der Waals surface area contributed by atoms with Crippen LogP contribution in [0.1, 0.15) is 25.3 Å². The van der Waals surface area contributed by atoms with Crippen LogP contribution in [0, 0.1) is 0 Å². The van der Waals surface area contributed by atoms with Crippen molar-refractivity contribution in [2.45, 2.75) is 24.9 Å². The average molecular weight is 360 g/mol. The van der Waals surface area contributed by atoms with Gasteiger partial charge in [0.2, 0.25) is 0 Å². The van der Waals surface area contributed by atoms with Gasteiger partial charge in [0.25, 0.3) is 5.56 Å². The Bertz CT molecular complexity index is 943. The highest BCUT2D eigenvalue weighted by atomic mass is 32.2. The molecule has 0 saturated carbocycles. The second-order valence-electron chi connectivity index (χ2n) is 5.66. The normalized spacial score (nSPS) is 11.3. The van der Waals surface area contributed by atoms with Crippen molar-refractivity contribution in [1.82, 2.24) is 9.97 Å². The number of hydrogen-bond donors (Lipinski definition) is 2. The fourth-order valence-corrected chi connectivity index (χ4v) is 3.97. The second-order valence-corrected chi connectivity index (χ2v) is 7.48. The fraction of sp³-hybridized carbons (Fsp3) is 0.235. The molecule has 7 heteroatoms. The number of carboxylic acids is 1. The number of nitrogens with zero attached hydrogens (tertiary/aromatic N) is 1. The van der Waals surface area contributed by atoms with E-state index in [-0.39, 0.29) is 11.3 Å². The molecule has 2 heterocycles. The number of carboxylic acid groups (broad SMARTS) is 1. The van der Waals surface area contributed by atoms with Gasteiger partial charge in [0.15, 0.2) is 5.16 Å². The quantitative estimate of drug-likeness (QED) is 0.532. The molecule has 0 fully saturated rings. The summed E-state index contributed by atoms with van der Waals surface area (Å²) in [5, 5.41) is 11.5. The van der Waals surface area contributed by atoms with Gasteiger partial charge >= 0.3 is 5.97 Å². The van der Waals surface area contributed by atoms with E-state index in [0.717, 1.165) is 22.9 Å². The van der Waals surface area contributed by atoms with Gasteiger partial charge in [0.05, 0.1) is 11.1 Å². The maximum absolute atomic E-state index is 12.4. The Labute approximate surface area is 146 Å². The first-order valence-corrected chi connectivity index (χ1v) is 9.28. The van der Waals surface area contributed by atoms with Crippen molar-refractivity contribution in [3.8, 4) is 11.1 Å². The number of aliphatic carboxylic acids is 1. The molecule has 124 valence electrons. The molecule has 0 saturated heterocycles. The summed E-state index contributed by atoms with van der Waals surface area (Å²) >= 11 is 2.40. The van der Waals surface area contributed by atoms with E-state index in [2.05, 4.69) is 35.9 Å². The lowest BCUT2D eigenvalue weighted by Gasteiger charge is -2.06. The molecular weight excluding hydrogens is 344 g/mol. The first-order valence-electron chi connectivity index (χ1n) is 7.42. The van der Waals surface area contributed by atoms with E-state index in [1.807, 2.05) is 17.5 Å². The molecule has 2 aromatic heterocycles. The van der Waals surface area contributed by atoms with Gasteiger partial charge < -0.3 is 10.1 Å². The van der Waals surface area contributed by atoms with E-state index in [0.29, 0.717) is 21.3 Å². The highest BCUT2D eigenvalue weighted by molar-refractivity contribution is 7.99. The largest absolute Gasteiger partial charge is 0.481 e. The van der Waals surface area contributed by atoms with Crippen molar-refractivity contribution < 1.29 is 9.90 Å². The number of thioether (sulfide) groups is 1. The van der Waals surface area contributed by atoms with Crippen LogP contribution in [0.2, 0.25) is 0 Å². The topological polar surface area (TPSA) is 83.0 Å². The van der Waals surface area contributed by atoms with Gasteiger partial charge in [-0.15, -0.1) is 11.3 Å². The minimum atomic E-state index is -0.945. The number of H-pyrrole nitrogens is 1. The summed E-state index contributed by atoms with van der Waals surface area (Å²) < 4.78 is 0. The van der Waals surface area contributed by atoms with Crippen molar-refractivity contribution in [1.29, 1.82) is 0 Å². The summed E-state index contributed by atoms with van der Waals surface area (Å²) in [6.07, 6.45) is 0. The third kappa shape index (κ3) is 3.37. The zero-order chi connectivity index (χ0) is 17.3. The highest BCUT2D eigenvalue weighted by Crippen LogP contribution is 2.32. The number of aromatic amines is 1. The van der Waals surface area contributed by atoms with Crippen LogP contribution in [0.25, 0.3) is 21.3 Å². The molecule has 24 heavy (non-hydrogen) atoms. The molecule has 2 N–H and O–H groups in total. The minimum Gasteiger partial charge on any atom is -0.481 e. The van der Waals surface area contributed by atoms with E-state index < -0.39 is 5.97 Å². The molecule has 0 spiro atoms. The lowest BCUT2D eigenvalue weighted by molar-refractivity contribution is -0.133. The van der Waals surface area contributed by atoms with Crippen LogP contribution in [-0.4, -0.2) is 26.8 Å². The molecule has 0 amide bonds. The van der Waals surface area contributed by atoms with Crippen LogP contribution in [0.5, 0.6) is 0 Å². The maximum Gasteiger partial charge on any atom is 0.313 e. The van der Waals surface area contributed by atoms with Gasteiger partial charge in [-0.3, -0.25) is 9.59 Å². The Balaban J connectivity index is 2.01. The Morgan fingerprint density at radius 1 is 1.33 bits per heavy atom. The number of hydrogen-bond acceptors (Lipinski definition) is 5. The van der Waals surface area contributed by atoms with Crippen LogP contribution >= 0.6 is 23.1 Å². The van der Waals surface area contributed by atoms with Gasteiger partial charge in [0, 0.05) is 10.9 Å². The van der Waals surface area contributed by atoms with Gasteiger partial charge in [-0.05, 0) is 17.0 Å². The molecule has 0 radical (unpaired) electrons. The van der Waals surface area contributed by atoms with Crippen LogP contribution in [0.15, 0.2) is 39.6 Å². The fourth-order valence-electron chi connectivity index (χ4n) is 2.39. The molecule has 0 aliphatic carbocycles. The lowest BCUT2D eigenvalue weighted by atomic mass is 9.99. The molecule has 0 aliphatic rings. The molecule has 3 rings (SSSR count). The number of aromatic nitrogens is 2. The predicted molar refractivity (Wildman–Crippen MR) is 98.1 cm³/mol. The van der Waals surface area contributed by atoms with Gasteiger partial charge in [0.1, 0.15) is 4.83 Å². The van der Waals surface area contributed by atoms with Crippen molar-refractivity contribution in [2.24, 2.45) is 0 Å². The average Bonchev–Trinajstić information content (AvgIpc) is 2.97. The molecule has 0 bridgehead atoms. The molecule has 0 aliphatic heterocycles. The first-order chi connectivity index (χ1) is 11.5. The van der Waals surface area contributed by atoms with E-state index in [1.165, 1.54) is 16.9 Å².